The van der Waals surface area contributed by atoms with Crippen LogP contribution in [0.1, 0.15) is 19.7 Å². The molecule has 0 amide bonds. The molecule has 1 N–H and O–H groups in total. The Morgan fingerprint density at radius 2 is 2.06 bits per heavy atom. The van der Waals surface area contributed by atoms with Crippen LogP contribution in [0.15, 0.2) is 18.2 Å². The number of nitrogens with zero attached hydrogens (tertiary/aromatic N) is 2. The molecule has 2 rings (SSSR count). The number of benzene rings is 1. The number of imidazole rings is 1. The Bertz CT molecular complexity index is 462. The van der Waals surface area contributed by atoms with Gasteiger partial charge in [0.2, 0.25) is 0 Å². The van der Waals surface area contributed by atoms with Crippen LogP contribution in [0.5, 0.6) is 0 Å². The second kappa shape index (κ2) is 5.87. The lowest BCUT2D eigenvalue weighted by Gasteiger charge is -1.99. The van der Waals surface area contributed by atoms with Crippen molar-refractivity contribution in [3.05, 3.63) is 29.0 Å². The number of fused-ring (bicyclic) bond motifs is 1. The van der Waals surface area contributed by atoms with Crippen LogP contribution in [-0.4, -0.2) is 16.6 Å². The molecule has 0 radical (unpaired) electrons. The first kappa shape index (κ1) is 13.0. The van der Waals surface area contributed by atoms with Crippen LogP contribution in [0.25, 0.3) is 11.0 Å². The summed E-state index contributed by atoms with van der Waals surface area (Å²) in [6.45, 7) is 4.77. The maximum absolute atomic E-state index is 5.89. The quantitative estimate of drug-likeness (QED) is 0.873. The molecule has 0 bridgehead atoms. The minimum Gasteiger partial charge on any atom is -0.330 e. The van der Waals surface area contributed by atoms with E-state index in [1.807, 2.05) is 46.1 Å². The van der Waals surface area contributed by atoms with E-state index in [9.17, 15) is 0 Å². The number of hydrogen-bond donors (Lipinski definition) is 1. The highest BCUT2D eigenvalue weighted by molar-refractivity contribution is 6.31. The summed E-state index contributed by atoms with van der Waals surface area (Å²) in [7, 11) is 3.92. The summed E-state index contributed by atoms with van der Waals surface area (Å²) in [5, 5.41) is 3.81. The smallest absolute Gasteiger partial charge is 0.123 e. The lowest BCUT2D eigenvalue weighted by Crippen LogP contribution is -2.10. The molecular formula is C12H18ClN3. The average Bonchev–Trinajstić information content (AvgIpc) is 2.59. The molecule has 0 atom stereocenters. The van der Waals surface area contributed by atoms with Crippen LogP contribution in [-0.2, 0) is 13.6 Å². The van der Waals surface area contributed by atoms with Gasteiger partial charge in [-0.1, -0.05) is 25.4 Å². The van der Waals surface area contributed by atoms with Gasteiger partial charge >= 0.3 is 0 Å². The summed E-state index contributed by atoms with van der Waals surface area (Å²) >= 11 is 5.89. The van der Waals surface area contributed by atoms with Crippen LogP contribution in [0.2, 0.25) is 5.02 Å². The highest BCUT2D eigenvalue weighted by Gasteiger charge is 2.06. The van der Waals surface area contributed by atoms with Crippen LogP contribution in [0, 0.1) is 0 Å². The number of hydrogen-bond acceptors (Lipinski definition) is 2. The van der Waals surface area contributed by atoms with E-state index in [1.54, 1.807) is 0 Å². The zero-order valence-corrected chi connectivity index (χ0v) is 11.0. The first-order chi connectivity index (χ1) is 7.72. The SMILES string of the molecule is CC.CNCc1nc2cc(Cl)ccc2n1C. The van der Waals surface area contributed by atoms with Gasteiger partial charge in [0.25, 0.3) is 0 Å². The molecule has 1 heterocycles. The molecule has 0 saturated carbocycles. The van der Waals surface area contributed by atoms with Crippen LogP contribution < -0.4 is 5.32 Å². The molecule has 0 aliphatic carbocycles. The van der Waals surface area contributed by atoms with Crippen molar-refractivity contribution in [1.29, 1.82) is 0 Å². The predicted molar refractivity (Wildman–Crippen MR) is 69.8 cm³/mol. The lowest BCUT2D eigenvalue weighted by molar-refractivity contribution is 0.719. The minimum absolute atomic E-state index is 0.728. The van der Waals surface area contributed by atoms with E-state index in [0.29, 0.717) is 0 Å². The summed E-state index contributed by atoms with van der Waals surface area (Å²) in [5.41, 5.74) is 2.06. The summed E-state index contributed by atoms with van der Waals surface area (Å²) in [4.78, 5) is 4.48. The van der Waals surface area contributed by atoms with Crippen molar-refractivity contribution in [3.8, 4) is 0 Å². The summed E-state index contributed by atoms with van der Waals surface area (Å²) < 4.78 is 2.07. The molecule has 3 nitrogen and oxygen atoms in total. The number of halogens is 1. The first-order valence-corrected chi connectivity index (χ1v) is 5.85. The topological polar surface area (TPSA) is 29.9 Å². The van der Waals surface area contributed by atoms with E-state index in [2.05, 4.69) is 14.9 Å². The van der Waals surface area contributed by atoms with Crippen molar-refractivity contribution in [2.45, 2.75) is 20.4 Å². The van der Waals surface area contributed by atoms with Gasteiger partial charge < -0.3 is 9.88 Å². The van der Waals surface area contributed by atoms with Gasteiger partial charge in [-0.25, -0.2) is 4.98 Å². The van der Waals surface area contributed by atoms with Gasteiger partial charge in [-0.15, -0.1) is 0 Å². The van der Waals surface area contributed by atoms with E-state index < -0.39 is 0 Å². The number of aryl methyl sites for hydroxylation is 1. The zero-order valence-electron chi connectivity index (χ0n) is 10.2. The van der Waals surface area contributed by atoms with E-state index in [0.717, 1.165) is 28.4 Å². The molecule has 88 valence electrons. The van der Waals surface area contributed by atoms with Crippen molar-refractivity contribution in [2.75, 3.05) is 7.05 Å². The third-order valence-electron chi connectivity index (χ3n) is 2.27. The standard InChI is InChI=1S/C10H12ClN3.C2H6/c1-12-6-10-13-8-5-7(11)3-4-9(8)14(10)2;1-2/h3-5,12H,6H2,1-2H3;1-2H3. The Balaban J connectivity index is 0.000000606. The molecule has 2 aromatic rings. The number of nitrogens with one attached hydrogen (secondary N) is 1. The summed E-state index contributed by atoms with van der Waals surface area (Å²) in [5.74, 6) is 1.02. The Morgan fingerprint density at radius 3 is 2.69 bits per heavy atom. The molecule has 0 fully saturated rings. The Kier molecular flexibility index (Phi) is 4.77. The zero-order chi connectivity index (χ0) is 12.1. The summed E-state index contributed by atoms with van der Waals surface area (Å²) in [6, 6.07) is 5.76. The third-order valence-corrected chi connectivity index (χ3v) is 2.51. The number of rotatable bonds is 2. The highest BCUT2D eigenvalue weighted by Crippen LogP contribution is 2.19. The fraction of sp³-hybridized carbons (Fsp3) is 0.417. The molecule has 0 spiro atoms. The van der Waals surface area contributed by atoms with Gasteiger partial charge in [-0.3, -0.25) is 0 Å². The second-order valence-corrected chi connectivity index (χ2v) is 3.69. The van der Waals surface area contributed by atoms with Gasteiger partial charge in [0, 0.05) is 12.1 Å². The van der Waals surface area contributed by atoms with E-state index in [-0.39, 0.29) is 0 Å². The molecule has 16 heavy (non-hydrogen) atoms. The fourth-order valence-corrected chi connectivity index (χ4v) is 1.71. The molecular weight excluding hydrogens is 222 g/mol. The lowest BCUT2D eigenvalue weighted by atomic mass is 10.3. The van der Waals surface area contributed by atoms with Crippen molar-refractivity contribution in [1.82, 2.24) is 14.9 Å². The Labute approximate surface area is 101 Å². The van der Waals surface area contributed by atoms with Crippen molar-refractivity contribution < 1.29 is 0 Å². The second-order valence-electron chi connectivity index (χ2n) is 3.25. The van der Waals surface area contributed by atoms with Gasteiger partial charge in [-0.2, -0.15) is 0 Å². The average molecular weight is 240 g/mol. The van der Waals surface area contributed by atoms with E-state index in [1.165, 1.54) is 0 Å². The predicted octanol–water partition coefficient (Wildman–Crippen LogP) is 2.97. The summed E-state index contributed by atoms with van der Waals surface area (Å²) in [6.07, 6.45) is 0. The molecule has 1 aromatic heterocycles. The third kappa shape index (κ3) is 2.54. The van der Waals surface area contributed by atoms with E-state index >= 15 is 0 Å². The molecule has 0 aliphatic heterocycles. The van der Waals surface area contributed by atoms with Gasteiger partial charge in [0.05, 0.1) is 17.6 Å². The van der Waals surface area contributed by atoms with Crippen molar-refractivity contribution >= 4 is 22.6 Å². The first-order valence-electron chi connectivity index (χ1n) is 5.48. The monoisotopic (exact) mass is 239 g/mol. The van der Waals surface area contributed by atoms with Gasteiger partial charge in [0.1, 0.15) is 5.82 Å². The van der Waals surface area contributed by atoms with Crippen molar-refractivity contribution in [2.24, 2.45) is 7.05 Å². The fourth-order valence-electron chi connectivity index (χ4n) is 1.54. The van der Waals surface area contributed by atoms with Crippen LogP contribution in [0.4, 0.5) is 0 Å². The molecule has 4 heteroatoms. The largest absolute Gasteiger partial charge is 0.330 e. The minimum atomic E-state index is 0.728. The van der Waals surface area contributed by atoms with Gasteiger partial charge in [-0.05, 0) is 25.2 Å². The maximum atomic E-state index is 5.89. The normalized spacial score (nSPS) is 10.1. The van der Waals surface area contributed by atoms with Crippen molar-refractivity contribution in [3.63, 3.8) is 0 Å². The Hall–Kier alpha value is -1.06. The van der Waals surface area contributed by atoms with Crippen LogP contribution in [0.3, 0.4) is 0 Å². The van der Waals surface area contributed by atoms with Gasteiger partial charge in [0.15, 0.2) is 0 Å². The molecule has 0 aliphatic rings. The molecule has 0 saturated heterocycles. The number of aromatic nitrogens is 2. The molecule has 0 unspecified atom stereocenters. The molecule has 1 aromatic carbocycles. The van der Waals surface area contributed by atoms with Crippen LogP contribution >= 0.6 is 11.6 Å². The maximum Gasteiger partial charge on any atom is 0.123 e. The van der Waals surface area contributed by atoms with E-state index in [4.69, 9.17) is 11.6 Å². The Morgan fingerprint density at radius 1 is 1.38 bits per heavy atom. The highest BCUT2D eigenvalue weighted by atomic mass is 35.5.